The maximum atomic E-state index is 5.41. The van der Waals surface area contributed by atoms with Gasteiger partial charge in [0.2, 0.25) is 0 Å². The number of aromatic nitrogens is 3. The normalized spacial score (nSPS) is 10.0. The van der Waals surface area contributed by atoms with Crippen LogP contribution in [0.3, 0.4) is 0 Å². The molecular formula is C8H9N5S. The van der Waals surface area contributed by atoms with Crippen LogP contribution in [0.2, 0.25) is 0 Å². The van der Waals surface area contributed by atoms with Crippen molar-refractivity contribution in [3.8, 4) is 0 Å². The van der Waals surface area contributed by atoms with Crippen LogP contribution < -0.4 is 11.1 Å². The third-order valence-corrected chi connectivity index (χ3v) is 2.38. The summed E-state index contributed by atoms with van der Waals surface area (Å²) in [6.45, 7) is 0.712. The number of thiazole rings is 1. The third-order valence-electron chi connectivity index (χ3n) is 1.60. The average Bonchev–Trinajstić information content (AvgIpc) is 2.70. The molecule has 3 N–H and O–H groups in total. The zero-order valence-corrected chi connectivity index (χ0v) is 8.16. The molecule has 6 heteroatoms. The average molecular weight is 207 g/mol. The van der Waals surface area contributed by atoms with E-state index in [1.54, 1.807) is 23.0 Å². The van der Waals surface area contributed by atoms with E-state index in [-0.39, 0.29) is 0 Å². The Labute approximate surface area is 85.0 Å². The lowest BCUT2D eigenvalue weighted by Crippen LogP contribution is -2.01. The van der Waals surface area contributed by atoms with Crippen molar-refractivity contribution in [1.82, 2.24) is 15.0 Å². The van der Waals surface area contributed by atoms with Crippen molar-refractivity contribution in [1.29, 1.82) is 0 Å². The van der Waals surface area contributed by atoms with Gasteiger partial charge in [-0.15, -0.1) is 11.3 Å². The molecule has 2 rings (SSSR count). The Morgan fingerprint density at radius 3 is 2.86 bits per heavy atom. The maximum Gasteiger partial charge on any atom is 0.144 e. The third kappa shape index (κ3) is 2.17. The summed E-state index contributed by atoms with van der Waals surface area (Å²) in [5.74, 6) is 1.14. The molecule has 0 fully saturated rings. The summed E-state index contributed by atoms with van der Waals surface area (Å²) >= 11 is 1.60. The Morgan fingerprint density at radius 2 is 2.21 bits per heavy atom. The summed E-state index contributed by atoms with van der Waals surface area (Å²) in [6.07, 6.45) is 4.95. The van der Waals surface area contributed by atoms with Gasteiger partial charge in [0.1, 0.15) is 11.6 Å². The second kappa shape index (κ2) is 4.01. The van der Waals surface area contributed by atoms with Gasteiger partial charge in [0.05, 0.1) is 24.4 Å². The van der Waals surface area contributed by atoms with Crippen LogP contribution in [-0.4, -0.2) is 15.0 Å². The summed E-state index contributed by atoms with van der Waals surface area (Å²) in [4.78, 5) is 13.1. The first-order chi connectivity index (χ1) is 6.84. The first-order valence-electron chi connectivity index (χ1n) is 4.03. The minimum Gasteiger partial charge on any atom is -0.382 e. The zero-order valence-electron chi connectivity index (χ0n) is 7.34. The van der Waals surface area contributed by atoms with E-state index in [9.17, 15) is 0 Å². The van der Waals surface area contributed by atoms with Crippen molar-refractivity contribution in [3.63, 3.8) is 0 Å². The van der Waals surface area contributed by atoms with Crippen molar-refractivity contribution >= 4 is 23.0 Å². The monoisotopic (exact) mass is 207 g/mol. The van der Waals surface area contributed by atoms with E-state index in [0.29, 0.717) is 18.2 Å². The van der Waals surface area contributed by atoms with Crippen LogP contribution >= 0.6 is 11.3 Å². The quantitative estimate of drug-likeness (QED) is 0.788. The van der Waals surface area contributed by atoms with Crippen LogP contribution in [0.15, 0.2) is 24.1 Å². The number of hydrogen-bond donors (Lipinski definition) is 2. The van der Waals surface area contributed by atoms with Crippen molar-refractivity contribution in [2.24, 2.45) is 0 Å². The Balaban J connectivity index is 1.95. The molecule has 0 bridgehead atoms. The number of rotatable bonds is 3. The Hall–Kier alpha value is -1.69. The van der Waals surface area contributed by atoms with E-state index in [2.05, 4.69) is 20.3 Å². The lowest BCUT2D eigenvalue weighted by molar-refractivity contribution is 1.10. The second-order valence-electron chi connectivity index (χ2n) is 2.65. The molecule has 0 amide bonds. The van der Waals surface area contributed by atoms with Crippen LogP contribution in [0.25, 0.3) is 0 Å². The van der Waals surface area contributed by atoms with E-state index in [4.69, 9.17) is 5.73 Å². The standard InChI is InChI=1S/C8H9N5S/c9-7-3-13-8(4-11-7)12-2-6-1-10-5-14-6/h1,3-5H,2H2,(H2,9,11)(H,12,13). The van der Waals surface area contributed by atoms with Gasteiger partial charge in [0.15, 0.2) is 0 Å². The summed E-state index contributed by atoms with van der Waals surface area (Å²) in [6, 6.07) is 0. The number of nitrogens with two attached hydrogens (primary N) is 1. The number of hydrogen-bond acceptors (Lipinski definition) is 6. The van der Waals surface area contributed by atoms with Gasteiger partial charge in [-0.1, -0.05) is 0 Å². The summed E-state index contributed by atoms with van der Waals surface area (Å²) < 4.78 is 0. The number of nitrogens with zero attached hydrogens (tertiary/aromatic N) is 3. The Kier molecular flexibility index (Phi) is 2.55. The number of nitrogens with one attached hydrogen (secondary N) is 1. The molecule has 5 nitrogen and oxygen atoms in total. The van der Waals surface area contributed by atoms with E-state index < -0.39 is 0 Å². The smallest absolute Gasteiger partial charge is 0.144 e. The van der Waals surface area contributed by atoms with Crippen LogP contribution in [-0.2, 0) is 6.54 Å². The van der Waals surface area contributed by atoms with Gasteiger partial charge in [-0.05, 0) is 0 Å². The van der Waals surface area contributed by atoms with Crippen LogP contribution in [0.5, 0.6) is 0 Å². The van der Waals surface area contributed by atoms with Crippen molar-refractivity contribution < 1.29 is 0 Å². The highest BCUT2D eigenvalue weighted by molar-refractivity contribution is 7.09. The minimum absolute atomic E-state index is 0.424. The van der Waals surface area contributed by atoms with Crippen LogP contribution in [0, 0.1) is 0 Å². The summed E-state index contributed by atoms with van der Waals surface area (Å²) in [5.41, 5.74) is 7.21. The fourth-order valence-corrected chi connectivity index (χ4v) is 1.47. The van der Waals surface area contributed by atoms with Crippen molar-refractivity contribution in [2.45, 2.75) is 6.54 Å². The molecule has 0 spiro atoms. The molecule has 2 heterocycles. The predicted molar refractivity (Wildman–Crippen MR) is 55.9 cm³/mol. The molecule has 0 aliphatic heterocycles. The lowest BCUT2D eigenvalue weighted by Gasteiger charge is -2.02. The molecule has 72 valence electrons. The number of anilines is 2. The van der Waals surface area contributed by atoms with Gasteiger partial charge in [0, 0.05) is 11.1 Å². The molecule has 0 aromatic carbocycles. The van der Waals surface area contributed by atoms with Gasteiger partial charge in [-0.3, -0.25) is 4.98 Å². The topological polar surface area (TPSA) is 76.7 Å². The van der Waals surface area contributed by atoms with E-state index in [1.165, 1.54) is 6.20 Å². The van der Waals surface area contributed by atoms with Gasteiger partial charge in [-0.25, -0.2) is 9.97 Å². The van der Waals surface area contributed by atoms with Gasteiger partial charge >= 0.3 is 0 Å². The SMILES string of the molecule is Nc1cnc(NCc2cncs2)cn1. The Bertz CT molecular complexity index is 383. The highest BCUT2D eigenvalue weighted by Crippen LogP contribution is 2.08. The molecule has 2 aromatic heterocycles. The van der Waals surface area contributed by atoms with Crippen molar-refractivity contribution in [2.75, 3.05) is 11.1 Å². The van der Waals surface area contributed by atoms with Crippen LogP contribution in [0.4, 0.5) is 11.6 Å². The van der Waals surface area contributed by atoms with Crippen molar-refractivity contribution in [3.05, 3.63) is 29.0 Å². The predicted octanol–water partition coefficient (Wildman–Crippen LogP) is 1.13. The molecule has 0 atom stereocenters. The Morgan fingerprint density at radius 1 is 1.29 bits per heavy atom. The molecule has 14 heavy (non-hydrogen) atoms. The molecule has 0 saturated carbocycles. The zero-order chi connectivity index (χ0) is 9.80. The molecule has 0 radical (unpaired) electrons. The summed E-state index contributed by atoms with van der Waals surface area (Å²) in [7, 11) is 0. The fraction of sp³-hybridized carbons (Fsp3) is 0.125. The summed E-state index contributed by atoms with van der Waals surface area (Å²) in [5, 5.41) is 3.12. The molecule has 0 aliphatic rings. The molecule has 0 saturated heterocycles. The highest BCUT2D eigenvalue weighted by atomic mass is 32.1. The van der Waals surface area contributed by atoms with E-state index in [1.807, 2.05) is 6.20 Å². The molecular weight excluding hydrogens is 198 g/mol. The highest BCUT2D eigenvalue weighted by Gasteiger charge is 1.96. The minimum atomic E-state index is 0.424. The van der Waals surface area contributed by atoms with E-state index in [0.717, 1.165) is 4.88 Å². The van der Waals surface area contributed by atoms with E-state index >= 15 is 0 Å². The first kappa shape index (κ1) is 8.89. The van der Waals surface area contributed by atoms with Gasteiger partial charge < -0.3 is 11.1 Å². The lowest BCUT2D eigenvalue weighted by atomic mass is 10.5. The molecule has 2 aromatic rings. The van der Waals surface area contributed by atoms with Crippen LogP contribution in [0.1, 0.15) is 4.88 Å². The largest absolute Gasteiger partial charge is 0.382 e. The van der Waals surface area contributed by atoms with Gasteiger partial charge in [0.25, 0.3) is 0 Å². The molecule has 0 aliphatic carbocycles. The molecule has 0 unspecified atom stereocenters. The second-order valence-corrected chi connectivity index (χ2v) is 3.62. The fourth-order valence-electron chi connectivity index (χ4n) is 0.936. The van der Waals surface area contributed by atoms with Gasteiger partial charge in [-0.2, -0.15) is 0 Å². The first-order valence-corrected chi connectivity index (χ1v) is 4.91. The maximum absolute atomic E-state index is 5.41. The number of nitrogen functional groups attached to an aromatic ring is 1.